The second-order valence-electron chi connectivity index (χ2n) is 4.36. The second-order valence-corrected chi connectivity index (χ2v) is 4.36. The van der Waals surface area contributed by atoms with Crippen LogP contribution in [0.25, 0.3) is 0 Å². The molecule has 0 spiro atoms. The van der Waals surface area contributed by atoms with Gasteiger partial charge in [-0.3, -0.25) is 4.79 Å². The molecule has 0 heterocycles. The Morgan fingerprint density at radius 3 is 2.67 bits per heavy atom. The molecule has 1 rings (SSSR count). The topological polar surface area (TPSA) is 55.1 Å². The molecular weight excluding hydrogens is 224 g/mol. The van der Waals surface area contributed by atoms with E-state index in [0.717, 1.165) is 25.7 Å². The van der Waals surface area contributed by atoms with Gasteiger partial charge in [-0.15, -0.1) is 0 Å². The zero-order chi connectivity index (χ0) is 13.2. The molecule has 3 nitrogen and oxygen atoms in total. The summed E-state index contributed by atoms with van der Waals surface area (Å²) in [6.07, 6.45) is 5.06. The molecule has 1 unspecified atom stereocenters. The molecule has 0 saturated heterocycles. The van der Waals surface area contributed by atoms with E-state index in [-0.39, 0.29) is 11.9 Å². The molecular formula is C15H22N2O. The van der Waals surface area contributed by atoms with Gasteiger partial charge in [0, 0.05) is 6.04 Å². The smallest absolute Gasteiger partial charge is 0.243 e. The molecule has 0 saturated carbocycles. The minimum absolute atomic E-state index is 0.106. The van der Waals surface area contributed by atoms with Crippen LogP contribution >= 0.6 is 0 Å². The normalized spacial score (nSPS) is 11.8. The summed E-state index contributed by atoms with van der Waals surface area (Å²) in [6, 6.07) is 10.5. The van der Waals surface area contributed by atoms with Gasteiger partial charge in [0.2, 0.25) is 5.91 Å². The summed E-state index contributed by atoms with van der Waals surface area (Å²) in [6.45, 7) is 4.13. The molecule has 1 aromatic carbocycles. The number of hydrogen-bond acceptors (Lipinski definition) is 2. The van der Waals surface area contributed by atoms with Crippen molar-refractivity contribution in [1.29, 1.82) is 0 Å². The van der Waals surface area contributed by atoms with Crippen LogP contribution in [0.2, 0.25) is 0 Å². The molecule has 18 heavy (non-hydrogen) atoms. The Kier molecular flexibility index (Phi) is 6.81. The molecule has 3 N–H and O–H groups in total. The monoisotopic (exact) mass is 246 g/mol. The highest BCUT2D eigenvalue weighted by molar-refractivity contribution is 5.87. The number of amides is 1. The second kappa shape index (κ2) is 8.48. The largest absolute Gasteiger partial charge is 0.350 e. The van der Waals surface area contributed by atoms with Crippen LogP contribution in [-0.2, 0) is 11.2 Å². The molecule has 0 fully saturated rings. The SMILES string of the molecule is C=CC(=O)NC(CCCN)CCc1ccccc1. The molecule has 0 aliphatic carbocycles. The van der Waals surface area contributed by atoms with Crippen LogP contribution in [0.15, 0.2) is 43.0 Å². The zero-order valence-corrected chi connectivity index (χ0v) is 10.8. The summed E-state index contributed by atoms with van der Waals surface area (Å²) in [5.41, 5.74) is 6.81. The lowest BCUT2D eigenvalue weighted by molar-refractivity contribution is -0.117. The minimum Gasteiger partial charge on any atom is -0.350 e. The van der Waals surface area contributed by atoms with Gasteiger partial charge in [0.25, 0.3) is 0 Å². The maximum absolute atomic E-state index is 11.3. The lowest BCUT2D eigenvalue weighted by Gasteiger charge is -2.17. The Labute approximate surface area is 109 Å². The van der Waals surface area contributed by atoms with Gasteiger partial charge in [0.15, 0.2) is 0 Å². The maximum atomic E-state index is 11.3. The minimum atomic E-state index is -0.106. The number of carbonyl (C=O) groups is 1. The van der Waals surface area contributed by atoms with Crippen molar-refractivity contribution in [3.63, 3.8) is 0 Å². The molecule has 0 bridgehead atoms. The molecule has 0 radical (unpaired) electrons. The van der Waals surface area contributed by atoms with E-state index in [1.165, 1.54) is 11.6 Å². The van der Waals surface area contributed by atoms with Crippen molar-refractivity contribution < 1.29 is 4.79 Å². The lowest BCUT2D eigenvalue weighted by Crippen LogP contribution is -2.34. The number of rotatable bonds is 8. The van der Waals surface area contributed by atoms with Crippen LogP contribution in [0.4, 0.5) is 0 Å². The van der Waals surface area contributed by atoms with E-state index in [1.54, 1.807) is 0 Å². The predicted octanol–water partition coefficient (Wildman–Crippen LogP) is 2.03. The molecule has 98 valence electrons. The van der Waals surface area contributed by atoms with Crippen LogP contribution in [0.1, 0.15) is 24.8 Å². The fraction of sp³-hybridized carbons (Fsp3) is 0.400. The van der Waals surface area contributed by atoms with Crippen molar-refractivity contribution >= 4 is 5.91 Å². The Balaban J connectivity index is 2.44. The molecule has 0 aliphatic rings. The standard InChI is InChI=1S/C15H22N2O/c1-2-15(18)17-14(9-6-12-16)11-10-13-7-4-3-5-8-13/h2-5,7-8,14H,1,6,9-12,16H2,(H,17,18). The van der Waals surface area contributed by atoms with Crippen molar-refractivity contribution in [3.05, 3.63) is 48.6 Å². The Morgan fingerprint density at radius 2 is 2.06 bits per heavy atom. The summed E-state index contributed by atoms with van der Waals surface area (Å²) in [5, 5.41) is 2.96. The average molecular weight is 246 g/mol. The first-order valence-electron chi connectivity index (χ1n) is 6.43. The van der Waals surface area contributed by atoms with Gasteiger partial charge in [-0.25, -0.2) is 0 Å². The van der Waals surface area contributed by atoms with Crippen molar-refractivity contribution in [2.45, 2.75) is 31.7 Å². The van der Waals surface area contributed by atoms with Crippen LogP contribution < -0.4 is 11.1 Å². The number of nitrogens with two attached hydrogens (primary N) is 1. The highest BCUT2D eigenvalue weighted by Gasteiger charge is 2.10. The third kappa shape index (κ3) is 5.64. The highest BCUT2D eigenvalue weighted by atomic mass is 16.1. The third-order valence-electron chi connectivity index (χ3n) is 2.91. The maximum Gasteiger partial charge on any atom is 0.243 e. The molecule has 1 aromatic rings. The van der Waals surface area contributed by atoms with Crippen molar-refractivity contribution in [2.75, 3.05) is 6.54 Å². The number of carbonyl (C=O) groups excluding carboxylic acids is 1. The third-order valence-corrected chi connectivity index (χ3v) is 2.91. The molecule has 1 atom stereocenters. The number of aryl methyl sites for hydroxylation is 1. The average Bonchev–Trinajstić information content (AvgIpc) is 2.42. The lowest BCUT2D eigenvalue weighted by atomic mass is 10.0. The Morgan fingerprint density at radius 1 is 1.33 bits per heavy atom. The van der Waals surface area contributed by atoms with Gasteiger partial charge < -0.3 is 11.1 Å². The van der Waals surface area contributed by atoms with Crippen molar-refractivity contribution in [3.8, 4) is 0 Å². The molecule has 0 aromatic heterocycles. The Bertz CT molecular complexity index is 362. The van der Waals surface area contributed by atoms with Gasteiger partial charge in [-0.1, -0.05) is 36.9 Å². The summed E-state index contributed by atoms with van der Waals surface area (Å²) >= 11 is 0. The fourth-order valence-electron chi connectivity index (χ4n) is 1.90. The number of nitrogens with one attached hydrogen (secondary N) is 1. The summed E-state index contributed by atoms with van der Waals surface area (Å²) in [7, 11) is 0. The van der Waals surface area contributed by atoms with Crippen molar-refractivity contribution in [1.82, 2.24) is 5.32 Å². The van der Waals surface area contributed by atoms with Gasteiger partial charge in [-0.2, -0.15) is 0 Å². The van der Waals surface area contributed by atoms with E-state index in [4.69, 9.17) is 5.73 Å². The van der Waals surface area contributed by atoms with Crippen LogP contribution in [0.3, 0.4) is 0 Å². The summed E-state index contributed by atoms with van der Waals surface area (Å²) in [5.74, 6) is -0.106. The molecule has 3 heteroatoms. The van der Waals surface area contributed by atoms with E-state index in [0.29, 0.717) is 6.54 Å². The first-order valence-corrected chi connectivity index (χ1v) is 6.43. The van der Waals surface area contributed by atoms with E-state index in [2.05, 4.69) is 24.0 Å². The van der Waals surface area contributed by atoms with Crippen LogP contribution in [-0.4, -0.2) is 18.5 Å². The summed E-state index contributed by atoms with van der Waals surface area (Å²) < 4.78 is 0. The van der Waals surface area contributed by atoms with E-state index >= 15 is 0 Å². The molecule has 0 aliphatic heterocycles. The Hall–Kier alpha value is -1.61. The van der Waals surface area contributed by atoms with Gasteiger partial charge >= 0.3 is 0 Å². The quantitative estimate of drug-likeness (QED) is 0.690. The van der Waals surface area contributed by atoms with E-state index < -0.39 is 0 Å². The molecule has 1 amide bonds. The van der Waals surface area contributed by atoms with Gasteiger partial charge in [-0.05, 0) is 43.9 Å². The van der Waals surface area contributed by atoms with Crippen molar-refractivity contribution in [2.24, 2.45) is 5.73 Å². The van der Waals surface area contributed by atoms with Crippen LogP contribution in [0, 0.1) is 0 Å². The first-order chi connectivity index (χ1) is 8.76. The van der Waals surface area contributed by atoms with Gasteiger partial charge in [0.1, 0.15) is 0 Å². The van der Waals surface area contributed by atoms with Crippen LogP contribution in [0.5, 0.6) is 0 Å². The first kappa shape index (κ1) is 14.5. The predicted molar refractivity (Wildman–Crippen MR) is 75.2 cm³/mol. The zero-order valence-electron chi connectivity index (χ0n) is 10.8. The number of hydrogen-bond donors (Lipinski definition) is 2. The highest BCUT2D eigenvalue weighted by Crippen LogP contribution is 2.08. The van der Waals surface area contributed by atoms with E-state index in [9.17, 15) is 4.79 Å². The van der Waals surface area contributed by atoms with Gasteiger partial charge in [0.05, 0.1) is 0 Å². The summed E-state index contributed by atoms with van der Waals surface area (Å²) in [4.78, 5) is 11.3. The number of benzene rings is 1. The van der Waals surface area contributed by atoms with E-state index in [1.807, 2.05) is 18.2 Å². The fourth-order valence-corrected chi connectivity index (χ4v) is 1.90.